The minimum absolute atomic E-state index is 0.0486. The number of para-hydroxylation sites is 1. The van der Waals surface area contributed by atoms with Gasteiger partial charge in [-0.05, 0) is 37.3 Å². The van der Waals surface area contributed by atoms with Gasteiger partial charge in [0.15, 0.2) is 0 Å². The van der Waals surface area contributed by atoms with Crippen LogP contribution in [0.2, 0.25) is 0 Å². The molecule has 0 aromatic heterocycles. The van der Waals surface area contributed by atoms with Gasteiger partial charge in [-0.15, -0.1) is 0 Å². The van der Waals surface area contributed by atoms with E-state index < -0.39 is 5.97 Å². The number of carbonyl (C=O) groups is 1. The molecule has 3 nitrogen and oxygen atoms in total. The van der Waals surface area contributed by atoms with Gasteiger partial charge in [-0.2, -0.15) is 0 Å². The molecule has 0 spiro atoms. The highest BCUT2D eigenvalue weighted by Gasteiger charge is 2.10. The molecular formula is C13H15NO2. The van der Waals surface area contributed by atoms with Crippen LogP contribution in [-0.4, -0.2) is 16.8 Å². The Morgan fingerprint density at radius 2 is 1.94 bits per heavy atom. The van der Waals surface area contributed by atoms with Crippen LogP contribution in [0, 0.1) is 0 Å². The lowest BCUT2D eigenvalue weighted by atomic mass is 10.1. The molecule has 1 aliphatic carbocycles. The zero-order valence-corrected chi connectivity index (χ0v) is 9.15. The monoisotopic (exact) mass is 217 g/mol. The van der Waals surface area contributed by atoms with E-state index in [-0.39, 0.29) is 6.42 Å². The molecule has 84 valence electrons. The van der Waals surface area contributed by atoms with Crippen molar-refractivity contribution in [1.29, 1.82) is 0 Å². The Kier molecular flexibility index (Phi) is 3.34. The molecule has 0 atom stereocenters. The summed E-state index contributed by atoms with van der Waals surface area (Å²) in [6.07, 6.45) is 4.58. The summed E-state index contributed by atoms with van der Waals surface area (Å²) >= 11 is 0. The van der Waals surface area contributed by atoms with E-state index in [1.807, 2.05) is 24.3 Å². The van der Waals surface area contributed by atoms with E-state index in [4.69, 9.17) is 5.11 Å². The van der Waals surface area contributed by atoms with Gasteiger partial charge in [-0.1, -0.05) is 18.2 Å². The first kappa shape index (κ1) is 10.9. The molecule has 1 N–H and O–H groups in total. The molecule has 16 heavy (non-hydrogen) atoms. The number of carboxylic acids is 1. The largest absolute Gasteiger partial charge is 0.481 e. The second-order valence-corrected chi connectivity index (χ2v) is 4.08. The second-order valence-electron chi connectivity index (χ2n) is 4.08. The Hall–Kier alpha value is -1.64. The summed E-state index contributed by atoms with van der Waals surface area (Å²) in [5.41, 5.74) is 2.83. The Morgan fingerprint density at radius 3 is 2.62 bits per heavy atom. The summed E-state index contributed by atoms with van der Waals surface area (Å²) in [5.74, 6) is -0.806. The zero-order valence-electron chi connectivity index (χ0n) is 9.15. The topological polar surface area (TPSA) is 49.7 Å². The molecule has 0 saturated heterocycles. The van der Waals surface area contributed by atoms with Crippen molar-refractivity contribution in [2.75, 3.05) is 0 Å². The highest BCUT2D eigenvalue weighted by atomic mass is 16.4. The number of aliphatic carboxylic acids is 1. The van der Waals surface area contributed by atoms with Crippen molar-refractivity contribution in [2.45, 2.75) is 32.1 Å². The normalized spacial score (nSPS) is 15.1. The van der Waals surface area contributed by atoms with E-state index in [1.54, 1.807) is 0 Å². The molecule has 2 rings (SSSR count). The maximum Gasteiger partial charge on any atom is 0.307 e. The van der Waals surface area contributed by atoms with Gasteiger partial charge in [0, 0.05) is 5.71 Å². The summed E-state index contributed by atoms with van der Waals surface area (Å²) in [7, 11) is 0. The quantitative estimate of drug-likeness (QED) is 0.846. The number of nitrogens with zero attached hydrogens (tertiary/aromatic N) is 1. The number of aliphatic imine (C=N–C) groups is 1. The minimum atomic E-state index is -0.806. The molecule has 0 bridgehead atoms. The van der Waals surface area contributed by atoms with Crippen LogP contribution in [0.1, 0.15) is 31.2 Å². The van der Waals surface area contributed by atoms with Crippen LogP contribution >= 0.6 is 0 Å². The molecule has 1 aromatic carbocycles. The standard InChI is InChI=1S/C13H15NO2/c15-13(16)9-10-5-1-4-8-12(10)14-11-6-2-3-7-11/h1,4-5,8H,2-3,6-7,9H2,(H,15,16). The summed E-state index contributed by atoms with van der Waals surface area (Å²) in [5, 5.41) is 8.80. The maximum atomic E-state index is 10.7. The first-order chi connectivity index (χ1) is 7.75. The lowest BCUT2D eigenvalue weighted by molar-refractivity contribution is -0.136. The fourth-order valence-corrected chi connectivity index (χ4v) is 2.00. The third-order valence-electron chi connectivity index (χ3n) is 2.79. The maximum absolute atomic E-state index is 10.7. The van der Waals surface area contributed by atoms with Gasteiger partial charge in [0.1, 0.15) is 0 Å². The van der Waals surface area contributed by atoms with Crippen molar-refractivity contribution < 1.29 is 9.90 Å². The molecule has 0 unspecified atom stereocenters. The van der Waals surface area contributed by atoms with E-state index in [9.17, 15) is 4.79 Å². The van der Waals surface area contributed by atoms with E-state index in [2.05, 4.69) is 4.99 Å². The number of rotatable bonds is 3. The highest BCUT2D eigenvalue weighted by Crippen LogP contribution is 2.24. The molecule has 0 radical (unpaired) electrons. The summed E-state index contributed by atoms with van der Waals surface area (Å²) in [6.45, 7) is 0. The Morgan fingerprint density at radius 1 is 1.25 bits per heavy atom. The molecule has 1 aliphatic rings. The van der Waals surface area contributed by atoms with Crippen LogP contribution in [0.25, 0.3) is 0 Å². The van der Waals surface area contributed by atoms with Crippen LogP contribution in [0.3, 0.4) is 0 Å². The van der Waals surface area contributed by atoms with Crippen LogP contribution in [-0.2, 0) is 11.2 Å². The zero-order chi connectivity index (χ0) is 11.4. The van der Waals surface area contributed by atoms with Crippen molar-refractivity contribution in [2.24, 2.45) is 4.99 Å². The van der Waals surface area contributed by atoms with Crippen molar-refractivity contribution in [3.63, 3.8) is 0 Å². The lowest BCUT2D eigenvalue weighted by Crippen LogP contribution is -2.00. The Balaban J connectivity index is 2.25. The molecular weight excluding hydrogens is 202 g/mol. The van der Waals surface area contributed by atoms with Crippen molar-refractivity contribution in [3.8, 4) is 0 Å². The SMILES string of the molecule is O=C(O)Cc1ccccc1N=C1CCCC1. The first-order valence-corrected chi connectivity index (χ1v) is 5.62. The third-order valence-corrected chi connectivity index (χ3v) is 2.79. The average Bonchev–Trinajstić information content (AvgIpc) is 2.73. The fraction of sp³-hybridized carbons (Fsp3) is 0.385. The van der Waals surface area contributed by atoms with E-state index >= 15 is 0 Å². The fourth-order valence-electron chi connectivity index (χ4n) is 2.00. The summed E-state index contributed by atoms with van der Waals surface area (Å²) in [6, 6.07) is 7.49. The third kappa shape index (κ3) is 2.69. The van der Waals surface area contributed by atoms with Gasteiger partial charge < -0.3 is 5.11 Å². The van der Waals surface area contributed by atoms with E-state index in [0.717, 1.165) is 24.1 Å². The molecule has 1 saturated carbocycles. The smallest absolute Gasteiger partial charge is 0.307 e. The number of hydrogen-bond donors (Lipinski definition) is 1. The first-order valence-electron chi connectivity index (χ1n) is 5.62. The van der Waals surface area contributed by atoms with Crippen molar-refractivity contribution >= 4 is 17.4 Å². The van der Waals surface area contributed by atoms with Gasteiger partial charge in [-0.25, -0.2) is 0 Å². The molecule has 0 amide bonds. The molecule has 0 heterocycles. The van der Waals surface area contributed by atoms with Gasteiger partial charge >= 0.3 is 5.97 Å². The molecule has 1 aromatic rings. The van der Waals surface area contributed by atoms with Crippen LogP contribution in [0.5, 0.6) is 0 Å². The molecule has 0 aliphatic heterocycles. The number of carboxylic acid groups (broad SMARTS) is 1. The van der Waals surface area contributed by atoms with Gasteiger partial charge in [0.2, 0.25) is 0 Å². The van der Waals surface area contributed by atoms with Gasteiger partial charge in [0.05, 0.1) is 12.1 Å². The molecule has 3 heteroatoms. The number of hydrogen-bond acceptors (Lipinski definition) is 2. The number of benzene rings is 1. The van der Waals surface area contributed by atoms with Gasteiger partial charge in [-0.3, -0.25) is 9.79 Å². The predicted octanol–water partition coefficient (Wildman–Crippen LogP) is 2.96. The molecule has 1 fully saturated rings. The summed E-state index contributed by atoms with van der Waals surface area (Å²) in [4.78, 5) is 15.3. The minimum Gasteiger partial charge on any atom is -0.481 e. The second kappa shape index (κ2) is 4.92. The van der Waals surface area contributed by atoms with Crippen molar-refractivity contribution in [3.05, 3.63) is 29.8 Å². The average molecular weight is 217 g/mol. The van der Waals surface area contributed by atoms with Crippen molar-refractivity contribution in [1.82, 2.24) is 0 Å². The van der Waals surface area contributed by atoms with Crippen LogP contribution in [0.4, 0.5) is 5.69 Å². The lowest BCUT2D eigenvalue weighted by Gasteiger charge is -2.03. The Labute approximate surface area is 94.8 Å². The van der Waals surface area contributed by atoms with E-state index in [1.165, 1.54) is 18.6 Å². The van der Waals surface area contributed by atoms with Gasteiger partial charge in [0.25, 0.3) is 0 Å². The highest BCUT2D eigenvalue weighted by molar-refractivity contribution is 5.89. The van der Waals surface area contributed by atoms with Crippen LogP contribution in [0.15, 0.2) is 29.3 Å². The Bertz CT molecular complexity index is 416. The van der Waals surface area contributed by atoms with Crippen LogP contribution < -0.4 is 0 Å². The predicted molar refractivity (Wildman–Crippen MR) is 63.3 cm³/mol. The summed E-state index contributed by atoms with van der Waals surface area (Å²) < 4.78 is 0. The van der Waals surface area contributed by atoms with E-state index in [0.29, 0.717) is 0 Å².